The number of allylic oxidation sites excluding steroid dienone is 3. The van der Waals surface area contributed by atoms with Crippen LogP contribution < -0.4 is 27.8 Å². The fourth-order valence-corrected chi connectivity index (χ4v) is 2.23. The number of carbonyl (C=O) groups excluding carboxylic acids is 2. The highest BCUT2D eigenvalue weighted by atomic mass is 16.5. The molecule has 0 radical (unpaired) electrons. The number of aliphatic imine (C=N–C) groups is 1. The molecular formula is C15H26N6O3. The number of primary amides is 1. The molecule has 2 unspecified atom stereocenters. The summed E-state index contributed by atoms with van der Waals surface area (Å²) in [4.78, 5) is 27.8. The molecule has 1 saturated carbocycles. The van der Waals surface area contributed by atoms with Gasteiger partial charge < -0.3 is 32.6 Å². The van der Waals surface area contributed by atoms with Crippen LogP contribution in [0.4, 0.5) is 0 Å². The van der Waals surface area contributed by atoms with Gasteiger partial charge in [-0.1, -0.05) is 0 Å². The Balaban J connectivity index is 2.71. The van der Waals surface area contributed by atoms with E-state index in [-0.39, 0.29) is 30.8 Å². The van der Waals surface area contributed by atoms with Crippen molar-refractivity contribution >= 4 is 17.8 Å². The number of carbonyl (C=O) groups is 2. The van der Waals surface area contributed by atoms with E-state index >= 15 is 0 Å². The lowest BCUT2D eigenvalue weighted by Gasteiger charge is -2.16. The molecule has 0 aliphatic heterocycles. The molecule has 0 heterocycles. The van der Waals surface area contributed by atoms with Gasteiger partial charge in [-0.25, -0.2) is 0 Å². The van der Waals surface area contributed by atoms with E-state index in [0.717, 1.165) is 5.70 Å². The van der Waals surface area contributed by atoms with Crippen LogP contribution in [0.1, 0.15) is 19.8 Å². The zero-order chi connectivity index (χ0) is 18.3. The fraction of sp³-hybridized carbons (Fsp3) is 0.533. The lowest BCUT2D eigenvalue weighted by Crippen LogP contribution is -2.49. The van der Waals surface area contributed by atoms with Gasteiger partial charge in [0.2, 0.25) is 11.8 Å². The maximum absolute atomic E-state index is 12.2. The summed E-state index contributed by atoms with van der Waals surface area (Å²) in [6.45, 7) is 2.12. The Morgan fingerprint density at radius 2 is 2.00 bits per heavy atom. The van der Waals surface area contributed by atoms with Crippen LogP contribution >= 0.6 is 0 Å². The molecule has 24 heavy (non-hydrogen) atoms. The molecule has 9 nitrogen and oxygen atoms in total. The van der Waals surface area contributed by atoms with Crippen molar-refractivity contribution in [3.63, 3.8) is 0 Å². The molecule has 1 aliphatic rings. The minimum absolute atomic E-state index is 0.00591. The maximum atomic E-state index is 12.2. The summed E-state index contributed by atoms with van der Waals surface area (Å²) >= 11 is 0. The molecule has 1 aliphatic carbocycles. The Morgan fingerprint density at radius 1 is 1.33 bits per heavy atom. The van der Waals surface area contributed by atoms with E-state index in [2.05, 4.69) is 15.6 Å². The lowest BCUT2D eigenvalue weighted by molar-refractivity contribution is -0.128. The zero-order valence-electron chi connectivity index (χ0n) is 14.3. The summed E-state index contributed by atoms with van der Waals surface area (Å²) in [6, 6.07) is 0. The van der Waals surface area contributed by atoms with Gasteiger partial charge in [-0.3, -0.25) is 14.6 Å². The van der Waals surface area contributed by atoms with E-state index in [1.165, 1.54) is 7.11 Å². The second-order valence-electron chi connectivity index (χ2n) is 5.66. The van der Waals surface area contributed by atoms with Crippen LogP contribution in [0, 0.1) is 5.92 Å². The predicted molar refractivity (Wildman–Crippen MR) is 91.4 cm³/mol. The van der Waals surface area contributed by atoms with E-state index in [9.17, 15) is 9.59 Å². The van der Waals surface area contributed by atoms with Crippen LogP contribution in [0.25, 0.3) is 0 Å². The van der Waals surface area contributed by atoms with Gasteiger partial charge >= 0.3 is 0 Å². The Morgan fingerprint density at radius 3 is 2.50 bits per heavy atom. The van der Waals surface area contributed by atoms with E-state index in [1.54, 1.807) is 19.2 Å². The number of amides is 2. The van der Waals surface area contributed by atoms with Crippen LogP contribution in [0.15, 0.2) is 28.6 Å². The van der Waals surface area contributed by atoms with Crippen molar-refractivity contribution in [2.75, 3.05) is 20.7 Å². The van der Waals surface area contributed by atoms with Gasteiger partial charge in [0.15, 0.2) is 5.96 Å². The van der Waals surface area contributed by atoms with Crippen LogP contribution in [0.5, 0.6) is 0 Å². The van der Waals surface area contributed by atoms with Crippen molar-refractivity contribution in [3.05, 3.63) is 23.6 Å². The third-order valence-electron chi connectivity index (χ3n) is 3.91. The number of rotatable bonds is 9. The number of nitrogens with two attached hydrogens (primary N) is 3. The first-order valence-corrected chi connectivity index (χ1v) is 7.50. The lowest BCUT2D eigenvalue weighted by atomic mass is 10.1. The third kappa shape index (κ3) is 5.18. The molecule has 0 aromatic carbocycles. The summed E-state index contributed by atoms with van der Waals surface area (Å²) in [5.41, 5.74) is 15.8. The number of methoxy groups -OCH3 is 1. The Hall–Kier alpha value is -2.71. The van der Waals surface area contributed by atoms with Crippen LogP contribution in [-0.4, -0.2) is 44.0 Å². The average molecular weight is 338 g/mol. The molecule has 1 fully saturated rings. The van der Waals surface area contributed by atoms with Gasteiger partial charge in [0.05, 0.1) is 13.5 Å². The molecule has 2 amide bonds. The van der Waals surface area contributed by atoms with Crippen molar-refractivity contribution < 1.29 is 14.3 Å². The summed E-state index contributed by atoms with van der Waals surface area (Å²) < 4.78 is 5.17. The van der Waals surface area contributed by atoms with E-state index in [1.807, 2.05) is 6.92 Å². The van der Waals surface area contributed by atoms with Gasteiger partial charge in [0, 0.05) is 25.2 Å². The van der Waals surface area contributed by atoms with Crippen molar-refractivity contribution in [1.29, 1.82) is 0 Å². The van der Waals surface area contributed by atoms with Crippen molar-refractivity contribution in [2.24, 2.45) is 28.1 Å². The predicted octanol–water partition coefficient (Wildman–Crippen LogP) is -1.34. The minimum Gasteiger partial charge on any atom is -0.501 e. The molecule has 0 aromatic rings. The molecular weight excluding hydrogens is 312 g/mol. The maximum Gasteiger partial charge on any atom is 0.243 e. The first-order valence-electron chi connectivity index (χ1n) is 7.50. The van der Waals surface area contributed by atoms with Crippen LogP contribution in [0.2, 0.25) is 0 Å². The monoisotopic (exact) mass is 338 g/mol. The van der Waals surface area contributed by atoms with Gasteiger partial charge in [-0.05, 0) is 25.5 Å². The standard InChI is InChI=1S/C15H26N6O3/c1-9(19-2)4-5-11(24-3)6-12(22)21-15(13(16)23)7-10(15)8-20-14(17)18/h4-5,10,19H,6-8H2,1-3H3,(H2,16,23)(H,21,22)(H4,17,18,20)/b9-4+,11-5+. The first-order chi connectivity index (χ1) is 11.2. The second kappa shape index (κ2) is 8.23. The molecule has 0 bridgehead atoms. The highest BCUT2D eigenvalue weighted by Crippen LogP contribution is 2.43. The third-order valence-corrected chi connectivity index (χ3v) is 3.91. The van der Waals surface area contributed by atoms with Gasteiger partial charge in [0.25, 0.3) is 0 Å². The van der Waals surface area contributed by atoms with Crippen LogP contribution in [-0.2, 0) is 14.3 Å². The zero-order valence-corrected chi connectivity index (χ0v) is 14.3. The summed E-state index contributed by atoms with van der Waals surface area (Å²) in [6.07, 6.45) is 3.88. The number of nitrogens with zero attached hydrogens (tertiary/aromatic N) is 1. The second-order valence-corrected chi connectivity index (χ2v) is 5.66. The van der Waals surface area contributed by atoms with Crippen LogP contribution in [0.3, 0.4) is 0 Å². The summed E-state index contributed by atoms with van der Waals surface area (Å²) in [5, 5.41) is 5.64. The van der Waals surface area contributed by atoms with Crippen molar-refractivity contribution in [3.8, 4) is 0 Å². The van der Waals surface area contributed by atoms with Crippen molar-refractivity contribution in [2.45, 2.75) is 25.3 Å². The molecule has 0 saturated heterocycles. The van der Waals surface area contributed by atoms with Crippen molar-refractivity contribution in [1.82, 2.24) is 10.6 Å². The SMILES string of the molecule is CN/C(C)=C/C=C(\CC(=O)NC1(C(N)=O)CC1CN=C(N)N)OC. The normalized spacial score (nSPS) is 23.2. The van der Waals surface area contributed by atoms with E-state index in [0.29, 0.717) is 12.2 Å². The largest absolute Gasteiger partial charge is 0.501 e. The molecule has 0 aromatic heterocycles. The van der Waals surface area contributed by atoms with Gasteiger partial charge in [-0.15, -0.1) is 0 Å². The molecule has 0 spiro atoms. The first kappa shape index (κ1) is 19.3. The number of guanidine groups is 1. The number of nitrogens with one attached hydrogen (secondary N) is 2. The smallest absolute Gasteiger partial charge is 0.243 e. The minimum atomic E-state index is -1.09. The number of hydrogen-bond donors (Lipinski definition) is 5. The van der Waals surface area contributed by atoms with E-state index in [4.69, 9.17) is 21.9 Å². The molecule has 2 atom stereocenters. The van der Waals surface area contributed by atoms with Gasteiger partial charge in [0.1, 0.15) is 11.3 Å². The molecule has 8 N–H and O–H groups in total. The highest BCUT2D eigenvalue weighted by Gasteiger charge is 2.60. The Labute approximate surface area is 141 Å². The topological polar surface area (TPSA) is 158 Å². The number of ether oxygens (including phenoxy) is 1. The quantitative estimate of drug-likeness (QED) is 0.151. The fourth-order valence-electron chi connectivity index (χ4n) is 2.23. The average Bonchev–Trinajstić information content (AvgIpc) is 3.23. The number of hydrogen-bond acceptors (Lipinski definition) is 5. The molecule has 9 heteroatoms. The summed E-state index contributed by atoms with van der Waals surface area (Å²) in [5.74, 6) is -0.765. The van der Waals surface area contributed by atoms with Gasteiger partial charge in [-0.2, -0.15) is 0 Å². The summed E-state index contributed by atoms with van der Waals surface area (Å²) in [7, 11) is 3.27. The molecule has 1 rings (SSSR count). The molecule has 134 valence electrons. The Bertz CT molecular complexity index is 580. The van der Waals surface area contributed by atoms with E-state index < -0.39 is 11.4 Å². The Kier molecular flexibility index (Phi) is 6.63. The highest BCUT2D eigenvalue weighted by molar-refractivity contribution is 5.94.